The highest BCUT2D eigenvalue weighted by Gasteiger charge is 2.22. The molecule has 0 aromatic carbocycles. The molecule has 0 bridgehead atoms. The maximum absolute atomic E-state index is 10.8. The SMILES string of the molecule is NP(=O)(O)N(CCCl)CC[ClH+]. The molecule has 7 heteroatoms. The molecule has 0 aliphatic carbocycles. The van der Waals surface area contributed by atoms with E-state index in [4.69, 9.17) is 22.0 Å². The molecular weight excluding hydrogens is 210 g/mol. The van der Waals surface area contributed by atoms with Gasteiger partial charge in [-0.1, -0.05) is 0 Å². The molecule has 3 N–H and O–H groups in total. The predicted octanol–water partition coefficient (Wildman–Crippen LogP) is -0.132. The van der Waals surface area contributed by atoms with Gasteiger partial charge in [0, 0.05) is 12.4 Å². The van der Waals surface area contributed by atoms with Gasteiger partial charge in [-0.3, -0.25) is 4.57 Å². The fraction of sp³-hybridized carbons (Fsp3) is 1.00. The first kappa shape index (κ1) is 11.7. The Morgan fingerprint density at radius 2 is 2.18 bits per heavy atom. The number of rotatable bonds is 5. The zero-order chi connectivity index (χ0) is 8.91. The van der Waals surface area contributed by atoms with Crippen LogP contribution in [0.1, 0.15) is 0 Å². The summed E-state index contributed by atoms with van der Waals surface area (Å²) in [5.41, 5.74) is 4.98. The van der Waals surface area contributed by atoms with Gasteiger partial charge in [-0.05, 0) is 0 Å². The van der Waals surface area contributed by atoms with Gasteiger partial charge in [0.1, 0.15) is 11.6 Å². The Hall–Kier alpha value is 0.690. The molecule has 11 heavy (non-hydrogen) atoms. The number of halogens is 2. The second kappa shape index (κ2) is 5.36. The standard InChI is InChI=1S/C4H11Cl2N2O2P/c5-1-3-8(4-2-6)11(7,9)10/h5H,1-4H2,(H2-,7,9,10)/p+1. The van der Waals surface area contributed by atoms with E-state index in [0.29, 0.717) is 19.0 Å². The first-order valence-electron chi connectivity index (χ1n) is 3.03. The van der Waals surface area contributed by atoms with E-state index in [1.54, 1.807) is 0 Å². The summed E-state index contributed by atoms with van der Waals surface area (Å²) in [4.78, 5) is 8.89. The van der Waals surface area contributed by atoms with E-state index in [2.05, 4.69) is 11.6 Å². The van der Waals surface area contributed by atoms with Crippen LogP contribution in [0.2, 0.25) is 0 Å². The lowest BCUT2D eigenvalue weighted by molar-refractivity contribution is -0.367. The molecule has 0 aliphatic heterocycles. The minimum absolute atomic E-state index is 0.275. The molecule has 0 fully saturated rings. The number of nitrogens with zero attached hydrogens (tertiary/aromatic N) is 1. The number of hydrogen-bond donors (Lipinski definition) is 2. The molecule has 0 heterocycles. The molecule has 0 aromatic heterocycles. The average Bonchev–Trinajstić information content (AvgIpc) is 1.85. The quantitative estimate of drug-likeness (QED) is 0.502. The van der Waals surface area contributed by atoms with Crippen LogP contribution in [0.25, 0.3) is 0 Å². The first-order chi connectivity index (χ1) is 5.02. The van der Waals surface area contributed by atoms with Gasteiger partial charge in [-0.2, -0.15) is 0 Å². The van der Waals surface area contributed by atoms with Crippen molar-refractivity contribution in [1.29, 1.82) is 0 Å². The summed E-state index contributed by atoms with van der Waals surface area (Å²) in [6.07, 6.45) is 0. The summed E-state index contributed by atoms with van der Waals surface area (Å²) in [6, 6.07) is 0. The molecule has 0 radical (unpaired) electrons. The summed E-state index contributed by atoms with van der Waals surface area (Å²) in [7, 11) is -3.63. The van der Waals surface area contributed by atoms with Crippen LogP contribution in [0.5, 0.6) is 0 Å². The van der Waals surface area contributed by atoms with Crippen molar-refractivity contribution >= 4 is 19.3 Å². The molecule has 1 atom stereocenters. The van der Waals surface area contributed by atoms with E-state index in [9.17, 15) is 4.57 Å². The van der Waals surface area contributed by atoms with E-state index in [1.807, 2.05) is 0 Å². The second-order valence-electron chi connectivity index (χ2n) is 1.94. The molecule has 68 valence electrons. The van der Waals surface area contributed by atoms with E-state index < -0.39 is 7.67 Å². The Labute approximate surface area is 75.8 Å². The molecule has 4 nitrogen and oxygen atoms in total. The average molecular weight is 222 g/mol. The van der Waals surface area contributed by atoms with Gasteiger partial charge in [0.05, 0.1) is 6.54 Å². The van der Waals surface area contributed by atoms with Crippen LogP contribution in [0.3, 0.4) is 0 Å². The van der Waals surface area contributed by atoms with Gasteiger partial charge >= 0.3 is 7.67 Å². The van der Waals surface area contributed by atoms with E-state index in [1.165, 1.54) is 4.67 Å². The zero-order valence-electron chi connectivity index (χ0n) is 5.94. The van der Waals surface area contributed by atoms with Crippen molar-refractivity contribution < 1.29 is 21.1 Å². The van der Waals surface area contributed by atoms with Crippen molar-refractivity contribution in [1.82, 2.24) is 4.67 Å². The van der Waals surface area contributed by atoms with Crippen LogP contribution in [0, 0.1) is 11.6 Å². The Balaban J connectivity index is 3.99. The lowest BCUT2D eigenvalue weighted by Gasteiger charge is -2.20. The fourth-order valence-electron chi connectivity index (χ4n) is 0.601. The predicted molar refractivity (Wildman–Crippen MR) is 42.6 cm³/mol. The normalized spacial score (nSPS) is 16.8. The third kappa shape index (κ3) is 5.01. The van der Waals surface area contributed by atoms with Gasteiger partial charge < -0.3 is 4.89 Å². The highest BCUT2D eigenvalue weighted by atomic mass is 35.5. The van der Waals surface area contributed by atoms with Gasteiger partial charge in [-0.15, -0.1) is 11.6 Å². The van der Waals surface area contributed by atoms with E-state index in [0.717, 1.165) is 0 Å². The Bertz CT molecular complexity index is 145. The summed E-state index contributed by atoms with van der Waals surface area (Å²) in [5, 5.41) is 0. The first-order valence-corrected chi connectivity index (χ1v) is 5.82. The maximum Gasteiger partial charge on any atom is 0.338 e. The zero-order valence-corrected chi connectivity index (χ0v) is 8.41. The van der Waals surface area contributed by atoms with Gasteiger partial charge in [0.15, 0.2) is 5.88 Å². The van der Waals surface area contributed by atoms with Crippen LogP contribution in [-0.2, 0) is 4.57 Å². The fourth-order valence-corrected chi connectivity index (χ4v) is 2.05. The van der Waals surface area contributed by atoms with Crippen LogP contribution in [0.15, 0.2) is 0 Å². The van der Waals surface area contributed by atoms with Crippen molar-refractivity contribution in [2.45, 2.75) is 0 Å². The largest absolute Gasteiger partial charge is 0.338 e. The molecule has 0 spiro atoms. The van der Waals surface area contributed by atoms with Gasteiger partial charge in [0.2, 0.25) is 0 Å². The van der Waals surface area contributed by atoms with E-state index >= 15 is 0 Å². The van der Waals surface area contributed by atoms with Crippen molar-refractivity contribution in [3.05, 3.63) is 0 Å². The molecule has 0 amide bonds. The summed E-state index contributed by atoms with van der Waals surface area (Å²) >= 11 is 10.0. The number of hydrogen-bond acceptors (Lipinski definition) is 1. The molecule has 0 rings (SSSR count). The lowest BCUT2D eigenvalue weighted by atomic mass is 10.6. The second-order valence-corrected chi connectivity index (χ2v) is 4.47. The molecule has 0 aliphatic rings. The highest BCUT2D eigenvalue weighted by molar-refractivity contribution is 7.52. The highest BCUT2D eigenvalue weighted by Crippen LogP contribution is 2.34. The Morgan fingerprint density at radius 3 is 2.45 bits per heavy atom. The van der Waals surface area contributed by atoms with Gasteiger partial charge in [0.25, 0.3) is 0 Å². The molecule has 1 unspecified atom stereocenters. The molecule has 0 saturated carbocycles. The number of alkyl halides is 2. The summed E-state index contributed by atoms with van der Waals surface area (Å²) in [5.74, 6) is 0.649. The van der Waals surface area contributed by atoms with Crippen LogP contribution < -0.4 is 5.50 Å². The van der Waals surface area contributed by atoms with Crippen LogP contribution >= 0.6 is 19.3 Å². The lowest BCUT2D eigenvalue weighted by Crippen LogP contribution is -2.28. The minimum Gasteiger partial charge on any atom is -0.322 e. The molecule has 0 aromatic rings. The molecule has 0 saturated heterocycles. The monoisotopic (exact) mass is 221 g/mol. The van der Waals surface area contributed by atoms with Crippen molar-refractivity contribution in [3.8, 4) is 0 Å². The smallest absolute Gasteiger partial charge is 0.322 e. The maximum atomic E-state index is 10.8. The Kier molecular flexibility index (Phi) is 5.69. The van der Waals surface area contributed by atoms with Crippen molar-refractivity contribution in [2.75, 3.05) is 24.8 Å². The van der Waals surface area contributed by atoms with Crippen LogP contribution in [0.4, 0.5) is 0 Å². The van der Waals surface area contributed by atoms with Crippen molar-refractivity contribution in [2.24, 2.45) is 5.50 Å². The third-order valence-corrected chi connectivity index (χ3v) is 2.66. The number of nitrogens with two attached hydrogens (primary N) is 1. The summed E-state index contributed by atoms with van der Waals surface area (Å²) in [6.45, 7) is 0.620. The summed E-state index contributed by atoms with van der Waals surface area (Å²) < 4.78 is 12.1. The van der Waals surface area contributed by atoms with Crippen molar-refractivity contribution in [3.63, 3.8) is 0 Å². The van der Waals surface area contributed by atoms with E-state index in [-0.39, 0.29) is 5.88 Å². The third-order valence-electron chi connectivity index (χ3n) is 1.10. The molecular formula is C4H12Cl2N2O2P+. The van der Waals surface area contributed by atoms with Gasteiger partial charge in [-0.25, -0.2) is 10.2 Å². The van der Waals surface area contributed by atoms with Crippen LogP contribution in [-0.4, -0.2) is 34.4 Å². The topological polar surface area (TPSA) is 66.6 Å². The minimum atomic E-state index is -3.63. The Morgan fingerprint density at radius 1 is 1.64 bits per heavy atom.